The molecule has 4 rings (SSSR count). The predicted octanol–water partition coefficient (Wildman–Crippen LogP) is 5.18. The quantitative estimate of drug-likeness (QED) is 0.527. The van der Waals surface area contributed by atoms with Gasteiger partial charge in [-0.2, -0.15) is 0 Å². The smallest absolute Gasteiger partial charge is 0.320 e. The van der Waals surface area contributed by atoms with Gasteiger partial charge in [-0.05, 0) is 42.3 Å². The van der Waals surface area contributed by atoms with Gasteiger partial charge >= 0.3 is 6.03 Å². The van der Waals surface area contributed by atoms with E-state index in [1.807, 2.05) is 24.0 Å². The number of benzene rings is 3. The van der Waals surface area contributed by atoms with Gasteiger partial charge in [0.05, 0.1) is 6.04 Å². The molecule has 0 aliphatic carbocycles. The summed E-state index contributed by atoms with van der Waals surface area (Å²) in [7, 11) is 0. The van der Waals surface area contributed by atoms with Crippen LogP contribution in [0, 0.1) is 0 Å². The van der Waals surface area contributed by atoms with Gasteiger partial charge in [-0.25, -0.2) is 4.79 Å². The highest BCUT2D eigenvalue weighted by Gasteiger charge is 2.28. The molecule has 5 nitrogen and oxygen atoms in total. The summed E-state index contributed by atoms with van der Waals surface area (Å²) in [5.41, 5.74) is 2.53. The molecule has 3 aromatic carbocycles. The molecular formula is C26H28ClN3O2. The standard InChI is InChI=1S/C26H28ClN3O2/c1-20(32-24-14-12-23(27)13-15-24)28-26(31)30-18-16-29(17-19-30)25(21-8-4-2-5-9-21)22-10-6-3-7-11-22/h2-15,20,25H,16-19H2,1H3,(H,28,31). The summed E-state index contributed by atoms with van der Waals surface area (Å²) in [5.74, 6) is 0.667. The van der Waals surface area contributed by atoms with Crippen LogP contribution in [0.25, 0.3) is 0 Å². The fourth-order valence-corrected chi connectivity index (χ4v) is 4.21. The number of nitrogens with one attached hydrogen (secondary N) is 1. The van der Waals surface area contributed by atoms with Gasteiger partial charge in [0.2, 0.25) is 0 Å². The number of hydrogen-bond acceptors (Lipinski definition) is 3. The maximum atomic E-state index is 12.8. The van der Waals surface area contributed by atoms with E-state index in [1.165, 1.54) is 11.1 Å². The van der Waals surface area contributed by atoms with E-state index in [0.29, 0.717) is 23.9 Å². The lowest BCUT2D eigenvalue weighted by Gasteiger charge is -2.40. The van der Waals surface area contributed by atoms with Gasteiger partial charge < -0.3 is 15.0 Å². The van der Waals surface area contributed by atoms with Crippen LogP contribution in [-0.2, 0) is 0 Å². The van der Waals surface area contributed by atoms with Crippen LogP contribution >= 0.6 is 11.6 Å². The molecule has 1 aliphatic rings. The van der Waals surface area contributed by atoms with Gasteiger partial charge in [0.25, 0.3) is 0 Å². The number of rotatable bonds is 6. The van der Waals surface area contributed by atoms with Gasteiger partial charge in [-0.15, -0.1) is 0 Å². The van der Waals surface area contributed by atoms with E-state index >= 15 is 0 Å². The van der Waals surface area contributed by atoms with Crippen molar-refractivity contribution in [3.8, 4) is 5.75 Å². The van der Waals surface area contributed by atoms with Crippen LogP contribution in [0.5, 0.6) is 5.75 Å². The average Bonchev–Trinajstić information content (AvgIpc) is 2.82. The number of halogens is 1. The van der Waals surface area contributed by atoms with Crippen LogP contribution in [0.3, 0.4) is 0 Å². The van der Waals surface area contributed by atoms with Crippen molar-refractivity contribution in [1.29, 1.82) is 0 Å². The SMILES string of the molecule is CC(NC(=O)N1CCN(C(c2ccccc2)c2ccccc2)CC1)Oc1ccc(Cl)cc1. The van der Waals surface area contributed by atoms with Gasteiger partial charge in [0, 0.05) is 31.2 Å². The molecule has 1 fully saturated rings. The predicted molar refractivity (Wildman–Crippen MR) is 128 cm³/mol. The van der Waals surface area contributed by atoms with Gasteiger partial charge in [0.15, 0.2) is 6.23 Å². The van der Waals surface area contributed by atoms with E-state index in [9.17, 15) is 4.79 Å². The van der Waals surface area contributed by atoms with E-state index in [2.05, 4.69) is 58.7 Å². The van der Waals surface area contributed by atoms with Crippen molar-refractivity contribution >= 4 is 17.6 Å². The molecule has 0 saturated carbocycles. The van der Waals surface area contributed by atoms with E-state index in [1.54, 1.807) is 24.3 Å². The van der Waals surface area contributed by atoms with Crippen LogP contribution in [0.2, 0.25) is 5.02 Å². The molecular weight excluding hydrogens is 422 g/mol. The zero-order valence-electron chi connectivity index (χ0n) is 18.2. The summed E-state index contributed by atoms with van der Waals surface area (Å²) < 4.78 is 5.78. The molecule has 3 aromatic rings. The van der Waals surface area contributed by atoms with Crippen LogP contribution in [-0.4, -0.2) is 48.2 Å². The van der Waals surface area contributed by atoms with E-state index in [4.69, 9.17) is 16.3 Å². The fourth-order valence-electron chi connectivity index (χ4n) is 4.08. The maximum absolute atomic E-state index is 12.8. The van der Waals surface area contributed by atoms with Crippen molar-refractivity contribution in [1.82, 2.24) is 15.1 Å². The molecule has 0 aromatic heterocycles. The largest absolute Gasteiger partial charge is 0.471 e. The molecule has 1 atom stereocenters. The van der Waals surface area contributed by atoms with Crippen molar-refractivity contribution in [3.05, 3.63) is 101 Å². The van der Waals surface area contributed by atoms with Crippen LogP contribution in [0.4, 0.5) is 4.79 Å². The Morgan fingerprint density at radius 1 is 0.844 bits per heavy atom. The topological polar surface area (TPSA) is 44.8 Å². The zero-order valence-corrected chi connectivity index (χ0v) is 18.9. The number of carbonyl (C=O) groups is 1. The Labute approximate surface area is 194 Å². The third-order valence-electron chi connectivity index (χ3n) is 5.65. The Morgan fingerprint density at radius 3 is 1.91 bits per heavy atom. The van der Waals surface area contributed by atoms with Crippen molar-refractivity contribution in [2.45, 2.75) is 19.2 Å². The van der Waals surface area contributed by atoms with Crippen LogP contribution in [0.1, 0.15) is 24.1 Å². The van der Waals surface area contributed by atoms with Crippen molar-refractivity contribution in [3.63, 3.8) is 0 Å². The van der Waals surface area contributed by atoms with Gasteiger partial charge in [-0.3, -0.25) is 4.90 Å². The Balaban J connectivity index is 1.36. The molecule has 1 aliphatic heterocycles. The molecule has 0 bridgehead atoms. The highest BCUT2D eigenvalue weighted by molar-refractivity contribution is 6.30. The van der Waals surface area contributed by atoms with Crippen molar-refractivity contribution in [2.75, 3.05) is 26.2 Å². The number of carbonyl (C=O) groups excluding carboxylic acids is 1. The number of urea groups is 1. The first kappa shape index (κ1) is 22.2. The second-order valence-corrected chi connectivity index (χ2v) is 8.35. The van der Waals surface area contributed by atoms with E-state index < -0.39 is 6.23 Å². The minimum atomic E-state index is -0.442. The summed E-state index contributed by atoms with van der Waals surface area (Å²) in [5, 5.41) is 3.58. The Morgan fingerprint density at radius 2 is 1.38 bits per heavy atom. The lowest BCUT2D eigenvalue weighted by atomic mass is 9.96. The molecule has 1 unspecified atom stereocenters. The summed E-state index contributed by atoms with van der Waals surface area (Å²) in [6.07, 6.45) is -0.442. The van der Waals surface area contributed by atoms with Crippen LogP contribution in [0.15, 0.2) is 84.9 Å². The van der Waals surface area contributed by atoms with Crippen molar-refractivity contribution < 1.29 is 9.53 Å². The summed E-state index contributed by atoms with van der Waals surface area (Å²) in [6, 6.07) is 28.3. The normalized spacial score (nSPS) is 15.4. The van der Waals surface area contributed by atoms with Crippen LogP contribution < -0.4 is 10.1 Å². The molecule has 32 heavy (non-hydrogen) atoms. The third kappa shape index (κ3) is 5.61. The molecule has 1 heterocycles. The molecule has 166 valence electrons. The van der Waals surface area contributed by atoms with Gasteiger partial charge in [0.1, 0.15) is 5.75 Å². The lowest BCUT2D eigenvalue weighted by Crippen LogP contribution is -2.54. The maximum Gasteiger partial charge on any atom is 0.320 e. The number of piperazine rings is 1. The summed E-state index contributed by atoms with van der Waals surface area (Å²) in [4.78, 5) is 17.1. The first-order valence-electron chi connectivity index (χ1n) is 10.9. The number of ether oxygens (including phenoxy) is 1. The second kappa shape index (κ2) is 10.5. The van der Waals surface area contributed by atoms with E-state index in [0.717, 1.165) is 13.1 Å². The molecule has 1 saturated heterocycles. The number of nitrogens with zero attached hydrogens (tertiary/aromatic N) is 2. The highest BCUT2D eigenvalue weighted by Crippen LogP contribution is 2.29. The van der Waals surface area contributed by atoms with E-state index in [-0.39, 0.29) is 12.1 Å². The Hall–Kier alpha value is -3.02. The molecule has 1 N–H and O–H groups in total. The average molecular weight is 450 g/mol. The highest BCUT2D eigenvalue weighted by atomic mass is 35.5. The number of amides is 2. The molecule has 0 radical (unpaired) electrons. The molecule has 2 amide bonds. The third-order valence-corrected chi connectivity index (χ3v) is 5.90. The summed E-state index contributed by atoms with van der Waals surface area (Å²) >= 11 is 5.91. The first-order chi connectivity index (χ1) is 15.6. The first-order valence-corrected chi connectivity index (χ1v) is 11.3. The fraction of sp³-hybridized carbons (Fsp3) is 0.269. The van der Waals surface area contributed by atoms with Crippen molar-refractivity contribution in [2.24, 2.45) is 0 Å². The monoisotopic (exact) mass is 449 g/mol. The molecule has 0 spiro atoms. The minimum absolute atomic E-state index is 0.109. The summed E-state index contributed by atoms with van der Waals surface area (Å²) in [6.45, 7) is 4.75. The minimum Gasteiger partial charge on any atom is -0.471 e. The zero-order chi connectivity index (χ0) is 22.3. The Kier molecular flexibility index (Phi) is 7.30. The second-order valence-electron chi connectivity index (χ2n) is 7.91. The molecule has 6 heteroatoms. The van der Waals surface area contributed by atoms with Gasteiger partial charge in [-0.1, -0.05) is 72.3 Å². The number of hydrogen-bond donors (Lipinski definition) is 1. The Bertz CT molecular complexity index is 951. The lowest BCUT2D eigenvalue weighted by molar-refractivity contribution is 0.108.